The predicted octanol–water partition coefficient (Wildman–Crippen LogP) is 3.77. The first-order chi connectivity index (χ1) is 12.1. The van der Waals surface area contributed by atoms with E-state index in [1.54, 1.807) is 13.0 Å². The number of benzene rings is 2. The number of halogens is 2. The third-order valence-corrected chi connectivity index (χ3v) is 4.66. The maximum absolute atomic E-state index is 12.3. The van der Waals surface area contributed by atoms with Crippen molar-refractivity contribution >= 4 is 21.2 Å². The van der Waals surface area contributed by atoms with E-state index in [-0.39, 0.29) is 11.4 Å². The van der Waals surface area contributed by atoms with Gasteiger partial charge in [-0.1, -0.05) is 18.2 Å². The molecule has 0 saturated heterocycles. The Labute approximate surface area is 148 Å². The topological polar surface area (TPSA) is 98.5 Å². The molecule has 0 heterocycles. The van der Waals surface area contributed by atoms with Gasteiger partial charge in [-0.05, 0) is 36.8 Å². The van der Waals surface area contributed by atoms with Crippen molar-refractivity contribution in [3.63, 3.8) is 0 Å². The molecular weight excluding hydrogens is 370 g/mol. The number of para-hydroxylation sites is 1. The number of anilines is 1. The van der Waals surface area contributed by atoms with Crippen LogP contribution in [0.4, 0.5) is 20.2 Å². The van der Waals surface area contributed by atoms with Gasteiger partial charge in [-0.3, -0.25) is 10.1 Å². The van der Waals surface area contributed by atoms with Crippen molar-refractivity contribution in [2.45, 2.75) is 24.5 Å². The number of rotatable bonds is 7. The van der Waals surface area contributed by atoms with E-state index in [0.717, 1.165) is 12.3 Å². The lowest BCUT2D eigenvalue weighted by molar-refractivity contribution is -0.386. The quantitative estimate of drug-likeness (QED) is 0.574. The second-order valence-electron chi connectivity index (χ2n) is 5.50. The highest BCUT2D eigenvalue weighted by molar-refractivity contribution is 7.90. The average Bonchev–Trinajstić information content (AvgIpc) is 2.53. The molecule has 1 unspecified atom stereocenters. The maximum atomic E-state index is 12.3. The molecule has 0 aliphatic rings. The summed E-state index contributed by atoms with van der Waals surface area (Å²) in [6.07, 6.45) is 0.883. The normalized spacial score (nSPS) is 12.7. The monoisotopic (exact) mass is 386 g/mol. The molecule has 2 aromatic rings. The smallest absolute Gasteiger partial charge is 0.387 e. The van der Waals surface area contributed by atoms with Gasteiger partial charge in [0.15, 0.2) is 9.84 Å². The summed E-state index contributed by atoms with van der Waals surface area (Å²) in [5.74, 6) is -0.0504. The molecule has 0 amide bonds. The molecule has 0 aromatic heterocycles. The van der Waals surface area contributed by atoms with Gasteiger partial charge in [0.2, 0.25) is 0 Å². The number of nitrogens with one attached hydrogen (secondary N) is 1. The Morgan fingerprint density at radius 1 is 1.19 bits per heavy atom. The minimum Gasteiger partial charge on any atom is -0.435 e. The average molecular weight is 386 g/mol. The van der Waals surface area contributed by atoms with E-state index in [2.05, 4.69) is 10.1 Å². The van der Waals surface area contributed by atoms with Gasteiger partial charge in [-0.15, -0.1) is 0 Å². The Kier molecular flexibility index (Phi) is 5.76. The molecular formula is C16H16F2N2O5S. The first kappa shape index (κ1) is 19.6. The molecule has 0 bridgehead atoms. The van der Waals surface area contributed by atoms with Crippen molar-refractivity contribution in [1.29, 1.82) is 0 Å². The Balaban J connectivity index is 2.38. The van der Waals surface area contributed by atoms with E-state index in [1.165, 1.54) is 30.3 Å². The molecule has 7 nitrogen and oxygen atoms in total. The fourth-order valence-electron chi connectivity index (χ4n) is 2.40. The van der Waals surface area contributed by atoms with Crippen LogP contribution in [-0.4, -0.2) is 26.2 Å². The summed E-state index contributed by atoms with van der Waals surface area (Å²) in [5, 5.41) is 14.2. The molecule has 0 aliphatic heterocycles. The van der Waals surface area contributed by atoms with Crippen LogP contribution in [0.3, 0.4) is 0 Å². The molecule has 1 N–H and O–H groups in total. The Morgan fingerprint density at radius 2 is 1.85 bits per heavy atom. The van der Waals surface area contributed by atoms with Gasteiger partial charge in [-0.2, -0.15) is 8.78 Å². The van der Waals surface area contributed by atoms with Crippen molar-refractivity contribution < 1.29 is 26.9 Å². The first-order valence-electron chi connectivity index (χ1n) is 7.38. The zero-order valence-electron chi connectivity index (χ0n) is 13.8. The number of ether oxygens (including phenoxy) is 1. The number of nitro groups is 1. The number of sulfone groups is 1. The largest absolute Gasteiger partial charge is 0.435 e. The predicted molar refractivity (Wildman–Crippen MR) is 91.3 cm³/mol. The lowest BCUT2D eigenvalue weighted by Gasteiger charge is -2.17. The molecule has 2 rings (SSSR count). The molecule has 0 aliphatic carbocycles. The summed E-state index contributed by atoms with van der Waals surface area (Å²) in [6, 6.07) is 9.24. The van der Waals surface area contributed by atoms with Crippen LogP contribution in [0, 0.1) is 10.1 Å². The van der Waals surface area contributed by atoms with Gasteiger partial charge < -0.3 is 10.1 Å². The van der Waals surface area contributed by atoms with Crippen molar-refractivity contribution in [3.05, 3.63) is 58.1 Å². The molecule has 26 heavy (non-hydrogen) atoms. The number of nitro benzene ring substituents is 1. The Hall–Kier alpha value is -2.75. The fourth-order valence-corrected chi connectivity index (χ4v) is 3.26. The number of hydrogen-bond donors (Lipinski definition) is 1. The molecule has 2 aromatic carbocycles. The summed E-state index contributed by atoms with van der Waals surface area (Å²) in [7, 11) is -3.81. The van der Waals surface area contributed by atoms with E-state index in [0.29, 0.717) is 5.56 Å². The SMILES string of the molecule is CC(Nc1cccc(S(C)(=O)=O)c1[N+](=O)[O-])c1cccc(OC(F)F)c1. The molecule has 0 fully saturated rings. The second-order valence-corrected chi connectivity index (χ2v) is 7.48. The molecule has 0 saturated carbocycles. The van der Waals surface area contributed by atoms with Crippen LogP contribution in [0.2, 0.25) is 0 Å². The molecule has 0 spiro atoms. The highest BCUT2D eigenvalue weighted by Gasteiger charge is 2.26. The minimum absolute atomic E-state index is 0.00519. The lowest BCUT2D eigenvalue weighted by atomic mass is 10.1. The van der Waals surface area contributed by atoms with Gasteiger partial charge in [0.05, 0.1) is 4.92 Å². The van der Waals surface area contributed by atoms with E-state index in [9.17, 15) is 27.3 Å². The van der Waals surface area contributed by atoms with E-state index in [4.69, 9.17) is 0 Å². The van der Waals surface area contributed by atoms with Gasteiger partial charge in [0, 0.05) is 12.3 Å². The number of hydrogen-bond acceptors (Lipinski definition) is 6. The number of nitrogens with zero attached hydrogens (tertiary/aromatic N) is 1. The molecule has 0 radical (unpaired) electrons. The zero-order chi connectivity index (χ0) is 19.5. The van der Waals surface area contributed by atoms with Crippen LogP contribution in [-0.2, 0) is 9.84 Å². The molecule has 10 heteroatoms. The summed E-state index contributed by atoms with van der Waals surface area (Å²) < 4.78 is 52.6. The summed E-state index contributed by atoms with van der Waals surface area (Å²) >= 11 is 0. The highest BCUT2D eigenvalue weighted by Crippen LogP contribution is 2.34. The minimum atomic E-state index is -3.81. The van der Waals surface area contributed by atoms with Crippen LogP contribution in [0.5, 0.6) is 5.75 Å². The summed E-state index contributed by atoms with van der Waals surface area (Å²) in [4.78, 5) is 10.2. The van der Waals surface area contributed by atoms with Crippen LogP contribution < -0.4 is 10.1 Å². The Morgan fingerprint density at radius 3 is 2.42 bits per heavy atom. The van der Waals surface area contributed by atoms with Gasteiger partial charge in [-0.25, -0.2) is 8.42 Å². The fraction of sp³-hybridized carbons (Fsp3) is 0.250. The third-order valence-electron chi connectivity index (χ3n) is 3.54. The standard InChI is InChI=1S/C16H16F2N2O5S/c1-10(11-5-3-6-12(9-11)25-16(17)18)19-13-7-4-8-14(26(2,23)24)15(13)20(21)22/h3-10,16,19H,1-2H3. The van der Waals surface area contributed by atoms with Crippen LogP contribution in [0.25, 0.3) is 0 Å². The summed E-state index contributed by atoms with van der Waals surface area (Å²) in [5.41, 5.74) is -0.0327. The molecule has 140 valence electrons. The van der Waals surface area contributed by atoms with E-state index < -0.39 is 38.0 Å². The molecule has 1 atom stereocenters. The maximum Gasteiger partial charge on any atom is 0.387 e. The van der Waals surface area contributed by atoms with Crippen molar-refractivity contribution in [2.24, 2.45) is 0 Å². The van der Waals surface area contributed by atoms with E-state index >= 15 is 0 Å². The second kappa shape index (κ2) is 7.65. The van der Waals surface area contributed by atoms with Crippen LogP contribution in [0.1, 0.15) is 18.5 Å². The van der Waals surface area contributed by atoms with Gasteiger partial charge in [0.1, 0.15) is 16.3 Å². The zero-order valence-corrected chi connectivity index (χ0v) is 14.7. The number of alkyl halides is 2. The highest BCUT2D eigenvalue weighted by atomic mass is 32.2. The Bertz CT molecular complexity index is 919. The lowest BCUT2D eigenvalue weighted by Crippen LogP contribution is -2.11. The van der Waals surface area contributed by atoms with Gasteiger partial charge >= 0.3 is 12.3 Å². The van der Waals surface area contributed by atoms with Crippen molar-refractivity contribution in [3.8, 4) is 5.75 Å². The van der Waals surface area contributed by atoms with Crippen molar-refractivity contribution in [2.75, 3.05) is 11.6 Å². The van der Waals surface area contributed by atoms with E-state index in [1.807, 2.05) is 0 Å². The third kappa shape index (κ3) is 4.66. The van der Waals surface area contributed by atoms with Crippen LogP contribution >= 0.6 is 0 Å². The summed E-state index contributed by atoms with van der Waals surface area (Å²) in [6.45, 7) is -1.32. The van der Waals surface area contributed by atoms with Gasteiger partial charge in [0.25, 0.3) is 0 Å². The van der Waals surface area contributed by atoms with Crippen molar-refractivity contribution in [1.82, 2.24) is 0 Å². The first-order valence-corrected chi connectivity index (χ1v) is 9.27. The van der Waals surface area contributed by atoms with Crippen LogP contribution in [0.15, 0.2) is 47.4 Å².